The van der Waals surface area contributed by atoms with Crippen molar-refractivity contribution in [1.29, 1.82) is 0 Å². The molecule has 14 heteroatoms. The number of rotatable bonds is 11. The Labute approximate surface area is 213 Å². The minimum atomic E-state index is -4.29. The zero-order chi connectivity index (χ0) is 26.1. The second kappa shape index (κ2) is 13.5. The van der Waals surface area contributed by atoms with Gasteiger partial charge >= 0.3 is 202 Å². The molecule has 1 aliphatic heterocycles. The number of carbonyl (C=O) groups is 4. The molecule has 1 fully saturated rings. The zero-order valence-electron chi connectivity index (χ0n) is 19.6. The van der Waals surface area contributed by atoms with Crippen LogP contribution in [-0.2, 0) is 32.7 Å². The summed E-state index contributed by atoms with van der Waals surface area (Å²) in [6.45, 7) is 4.56. The van der Waals surface area contributed by atoms with Crippen LogP contribution in [0.5, 0.6) is 0 Å². The Bertz CT molecular complexity index is 919. The van der Waals surface area contributed by atoms with Gasteiger partial charge in [0.15, 0.2) is 0 Å². The number of hydrogen-bond acceptors (Lipinski definition) is 10. The maximum atomic E-state index is 12.7. The summed E-state index contributed by atoms with van der Waals surface area (Å²) < 4.78 is 21.0. The number of hydrogen-bond donors (Lipinski definition) is 3. The topological polar surface area (TPSA) is 149 Å². The van der Waals surface area contributed by atoms with Gasteiger partial charge in [0.25, 0.3) is 0 Å². The molecule has 0 radical (unpaired) electrons. The minimum absolute atomic E-state index is 0.0268. The fraction of sp³-hybridized carbons (Fsp3) is 0.524. The van der Waals surface area contributed by atoms with E-state index < -0.39 is 38.4 Å². The fourth-order valence-electron chi connectivity index (χ4n) is 2.87. The number of thioether (sulfide) groups is 1. The molecule has 1 saturated heterocycles. The first-order valence-corrected chi connectivity index (χ1v) is 13.7. The van der Waals surface area contributed by atoms with Crippen molar-refractivity contribution >= 4 is 54.4 Å². The molecule has 3 N–H and O–H groups in total. The van der Waals surface area contributed by atoms with Crippen LogP contribution >= 0.6 is 31.5 Å². The van der Waals surface area contributed by atoms with E-state index in [2.05, 4.69) is 10.6 Å². The molecule has 1 aliphatic rings. The third-order valence-electron chi connectivity index (χ3n) is 4.73. The van der Waals surface area contributed by atoms with Gasteiger partial charge in [-0.05, 0) is 0 Å². The van der Waals surface area contributed by atoms with Gasteiger partial charge in [-0.2, -0.15) is 0 Å². The summed E-state index contributed by atoms with van der Waals surface area (Å²) in [6.07, 6.45) is -1.10. The molecule has 0 aromatic heterocycles. The Hall–Kier alpha value is -1.79. The molecule has 0 unspecified atom stereocenters. The SMILES string of the molecule is CC(=O)SCCNC(=O)CCNC(=O)[C@@H]1O[PH](O)(OCOC(=O)c2ccc(Cl)cc2)OCC1(C)C. The predicted molar refractivity (Wildman–Crippen MR) is 132 cm³/mol. The summed E-state index contributed by atoms with van der Waals surface area (Å²) in [5.74, 6) is -1.07. The summed E-state index contributed by atoms with van der Waals surface area (Å²) in [6, 6.07) is 5.99. The van der Waals surface area contributed by atoms with Crippen LogP contribution in [0, 0.1) is 5.41 Å². The van der Waals surface area contributed by atoms with E-state index in [9.17, 15) is 24.1 Å². The number of ether oxygens (including phenoxy) is 1. The molecule has 0 spiro atoms. The van der Waals surface area contributed by atoms with Gasteiger partial charge in [-0.1, -0.05) is 0 Å². The molecule has 35 heavy (non-hydrogen) atoms. The molecular weight excluding hydrogens is 523 g/mol. The van der Waals surface area contributed by atoms with Gasteiger partial charge < -0.3 is 0 Å². The van der Waals surface area contributed by atoms with Crippen LogP contribution in [0.4, 0.5) is 0 Å². The Morgan fingerprint density at radius 3 is 2.54 bits per heavy atom. The predicted octanol–water partition coefficient (Wildman–Crippen LogP) is 2.22. The molecule has 2 rings (SSSR count). The summed E-state index contributed by atoms with van der Waals surface area (Å²) in [7, 11) is -4.29. The van der Waals surface area contributed by atoms with Gasteiger partial charge in [0.05, 0.1) is 0 Å². The van der Waals surface area contributed by atoms with Gasteiger partial charge in [-0.25, -0.2) is 0 Å². The van der Waals surface area contributed by atoms with E-state index in [0.717, 1.165) is 11.8 Å². The van der Waals surface area contributed by atoms with Crippen molar-refractivity contribution in [2.45, 2.75) is 33.3 Å². The second-order valence-corrected chi connectivity index (χ2v) is 11.8. The van der Waals surface area contributed by atoms with Crippen LogP contribution in [0.2, 0.25) is 5.02 Å². The number of halogens is 1. The third-order valence-corrected chi connectivity index (χ3v) is 7.33. The molecular formula is C21H30ClN2O9PS. The van der Waals surface area contributed by atoms with Crippen LogP contribution in [-0.4, -0.2) is 66.1 Å². The first-order valence-electron chi connectivity index (χ1n) is 10.7. The van der Waals surface area contributed by atoms with Crippen molar-refractivity contribution in [1.82, 2.24) is 10.6 Å². The van der Waals surface area contributed by atoms with Crippen molar-refractivity contribution in [3.05, 3.63) is 34.9 Å². The van der Waals surface area contributed by atoms with Crippen molar-refractivity contribution in [3.8, 4) is 0 Å². The van der Waals surface area contributed by atoms with E-state index in [1.54, 1.807) is 13.8 Å². The number of benzene rings is 1. The molecule has 1 atom stereocenters. The van der Waals surface area contributed by atoms with E-state index in [-0.39, 0.29) is 36.2 Å². The Morgan fingerprint density at radius 2 is 1.89 bits per heavy atom. The first kappa shape index (κ1) is 29.4. The standard InChI is InChI=1S/C21H30ClN2O9PS/c1-14(25)35-11-10-23-17(26)8-9-24-19(27)18-21(2,3)12-31-34(29,33-18)32-13-30-20(28)15-4-6-16(22)7-5-15/h4-7,18,29,34H,8-13H2,1-3H3,(H,23,26)(H,24,27)/t18-/m0/s1. The van der Waals surface area contributed by atoms with E-state index >= 15 is 0 Å². The quantitative estimate of drug-likeness (QED) is 0.161. The van der Waals surface area contributed by atoms with Gasteiger partial charge in [0.1, 0.15) is 0 Å². The maximum absolute atomic E-state index is 12.7. The van der Waals surface area contributed by atoms with Gasteiger partial charge in [-0.15, -0.1) is 0 Å². The number of esters is 1. The van der Waals surface area contributed by atoms with Crippen molar-refractivity contribution < 1.29 is 42.4 Å². The Balaban J connectivity index is 1.80. The summed E-state index contributed by atoms with van der Waals surface area (Å²) in [5.41, 5.74) is -0.573. The van der Waals surface area contributed by atoms with Crippen LogP contribution in [0.15, 0.2) is 24.3 Å². The normalized spacial score (nSPS) is 19.3. The van der Waals surface area contributed by atoms with Crippen LogP contribution in [0.25, 0.3) is 0 Å². The third kappa shape index (κ3) is 10.0. The summed E-state index contributed by atoms with van der Waals surface area (Å²) in [4.78, 5) is 58.1. The van der Waals surface area contributed by atoms with E-state index in [1.807, 2.05) is 0 Å². The average molecular weight is 553 g/mol. The van der Waals surface area contributed by atoms with Crippen molar-refractivity contribution in [3.63, 3.8) is 0 Å². The van der Waals surface area contributed by atoms with E-state index in [1.165, 1.54) is 31.2 Å². The number of carbonyl (C=O) groups excluding carboxylic acids is 4. The van der Waals surface area contributed by atoms with E-state index in [4.69, 9.17) is 29.9 Å². The van der Waals surface area contributed by atoms with Gasteiger partial charge in [0.2, 0.25) is 0 Å². The molecule has 196 valence electrons. The summed E-state index contributed by atoms with van der Waals surface area (Å²) in [5, 5.41) is 5.69. The van der Waals surface area contributed by atoms with Crippen molar-refractivity contribution in [2.75, 3.05) is 32.2 Å². The van der Waals surface area contributed by atoms with Gasteiger partial charge in [-0.3, -0.25) is 4.79 Å². The molecule has 1 heterocycles. The molecule has 0 saturated carbocycles. The van der Waals surface area contributed by atoms with Crippen LogP contribution in [0.3, 0.4) is 0 Å². The van der Waals surface area contributed by atoms with Gasteiger partial charge in [0, 0.05) is 6.92 Å². The fourth-order valence-corrected chi connectivity index (χ4v) is 5.19. The first-order chi connectivity index (χ1) is 16.4. The Kier molecular flexibility index (Phi) is 11.4. The molecule has 1 aromatic rings. The van der Waals surface area contributed by atoms with E-state index in [0.29, 0.717) is 17.3 Å². The van der Waals surface area contributed by atoms with Crippen LogP contribution < -0.4 is 10.6 Å². The van der Waals surface area contributed by atoms with Crippen molar-refractivity contribution in [2.24, 2.45) is 5.41 Å². The Morgan fingerprint density at radius 1 is 1.20 bits per heavy atom. The molecule has 11 nitrogen and oxygen atoms in total. The number of nitrogens with one attached hydrogen (secondary N) is 2. The zero-order valence-corrected chi connectivity index (χ0v) is 22.2. The average Bonchev–Trinajstić information content (AvgIpc) is 2.79. The molecule has 0 bridgehead atoms. The summed E-state index contributed by atoms with van der Waals surface area (Å²) >= 11 is 6.89. The second-order valence-electron chi connectivity index (χ2n) is 8.23. The monoisotopic (exact) mass is 552 g/mol. The molecule has 0 aliphatic carbocycles. The molecule has 2 amide bonds. The molecule has 1 aromatic carbocycles. The van der Waals surface area contributed by atoms with Crippen LogP contribution in [0.1, 0.15) is 37.6 Å². The number of amides is 2.